The van der Waals surface area contributed by atoms with E-state index < -0.39 is 0 Å². The van der Waals surface area contributed by atoms with E-state index in [4.69, 9.17) is 0 Å². The van der Waals surface area contributed by atoms with Crippen molar-refractivity contribution in [1.29, 1.82) is 0 Å². The Hall–Kier alpha value is -3.14. The van der Waals surface area contributed by atoms with Gasteiger partial charge in [0.2, 0.25) is 0 Å². The second-order valence-electron chi connectivity index (χ2n) is 5.09. The van der Waals surface area contributed by atoms with Crippen molar-refractivity contribution in [1.82, 2.24) is 14.6 Å². The highest BCUT2D eigenvalue weighted by atomic mass is 16.1. The minimum atomic E-state index is -0.228. The Kier molecular flexibility index (Phi) is 2.86. The molecule has 2 aromatic carbocycles. The number of nitrogens with zero attached hydrogens (tertiary/aromatic N) is 2. The van der Waals surface area contributed by atoms with Crippen LogP contribution < -0.4 is 5.69 Å². The first-order valence-electron chi connectivity index (χ1n) is 7.04. The Morgan fingerprint density at radius 3 is 2.23 bits per heavy atom. The molecule has 4 rings (SSSR count). The first kappa shape index (κ1) is 12.6. The van der Waals surface area contributed by atoms with Crippen molar-refractivity contribution in [3.63, 3.8) is 0 Å². The summed E-state index contributed by atoms with van der Waals surface area (Å²) in [6.07, 6.45) is 1.82. The molecule has 0 aliphatic rings. The Balaban J connectivity index is 1.95. The molecule has 0 aliphatic carbocycles. The van der Waals surface area contributed by atoms with Gasteiger partial charge in [-0.3, -0.25) is 0 Å². The Bertz CT molecular complexity index is 999. The molecule has 4 heteroatoms. The summed E-state index contributed by atoms with van der Waals surface area (Å²) in [6.45, 7) is 0. The third-order valence-electron chi connectivity index (χ3n) is 3.73. The van der Waals surface area contributed by atoms with Crippen LogP contribution in [0.5, 0.6) is 0 Å². The van der Waals surface area contributed by atoms with Gasteiger partial charge < -0.3 is 0 Å². The molecule has 0 unspecified atom stereocenters. The second-order valence-corrected chi connectivity index (χ2v) is 5.09. The third-order valence-corrected chi connectivity index (χ3v) is 3.73. The predicted molar refractivity (Wildman–Crippen MR) is 86.7 cm³/mol. The van der Waals surface area contributed by atoms with Crippen molar-refractivity contribution in [2.24, 2.45) is 0 Å². The molecule has 22 heavy (non-hydrogen) atoms. The number of pyridine rings is 1. The lowest BCUT2D eigenvalue weighted by molar-refractivity contribution is 1.02. The Labute approximate surface area is 126 Å². The first-order chi connectivity index (χ1) is 10.8. The van der Waals surface area contributed by atoms with Crippen LogP contribution in [0, 0.1) is 0 Å². The lowest BCUT2D eigenvalue weighted by Gasteiger charge is -2.10. The monoisotopic (exact) mass is 287 g/mol. The van der Waals surface area contributed by atoms with Crippen LogP contribution >= 0.6 is 0 Å². The van der Waals surface area contributed by atoms with Gasteiger partial charge in [-0.05, 0) is 34.4 Å². The number of fused-ring (bicyclic) bond motifs is 1. The summed E-state index contributed by atoms with van der Waals surface area (Å²) in [4.78, 5) is 11.8. The van der Waals surface area contributed by atoms with Gasteiger partial charge in [0.05, 0.1) is 0 Å². The van der Waals surface area contributed by atoms with Gasteiger partial charge >= 0.3 is 5.69 Å². The molecule has 2 aromatic heterocycles. The quantitative estimate of drug-likeness (QED) is 0.614. The molecule has 0 fully saturated rings. The van der Waals surface area contributed by atoms with Crippen molar-refractivity contribution in [2.75, 3.05) is 0 Å². The Morgan fingerprint density at radius 2 is 1.45 bits per heavy atom. The van der Waals surface area contributed by atoms with Crippen LogP contribution in [0.2, 0.25) is 0 Å². The zero-order chi connectivity index (χ0) is 14.9. The summed E-state index contributed by atoms with van der Waals surface area (Å²) < 4.78 is 1.52. The molecule has 2 heterocycles. The maximum Gasteiger partial charge on any atom is 0.347 e. The molecule has 0 bridgehead atoms. The molecular formula is C18H13N3O. The molecular weight excluding hydrogens is 274 g/mol. The van der Waals surface area contributed by atoms with Crippen molar-refractivity contribution < 1.29 is 0 Å². The first-order valence-corrected chi connectivity index (χ1v) is 7.04. The number of rotatable bonds is 2. The van der Waals surface area contributed by atoms with Crippen LogP contribution in [0.15, 0.2) is 77.7 Å². The fourth-order valence-corrected chi connectivity index (χ4v) is 2.67. The highest BCUT2D eigenvalue weighted by Crippen LogP contribution is 2.31. The van der Waals surface area contributed by atoms with Gasteiger partial charge in [-0.15, -0.1) is 0 Å². The molecule has 0 saturated heterocycles. The zero-order valence-corrected chi connectivity index (χ0v) is 11.7. The Morgan fingerprint density at radius 1 is 0.773 bits per heavy atom. The van der Waals surface area contributed by atoms with E-state index in [1.165, 1.54) is 4.40 Å². The average Bonchev–Trinajstić information content (AvgIpc) is 2.96. The van der Waals surface area contributed by atoms with Gasteiger partial charge in [-0.2, -0.15) is 5.10 Å². The molecule has 0 atom stereocenters. The number of H-pyrrole nitrogens is 1. The van der Waals surface area contributed by atoms with Crippen LogP contribution in [-0.2, 0) is 0 Å². The van der Waals surface area contributed by atoms with Crippen LogP contribution in [0.25, 0.3) is 27.9 Å². The van der Waals surface area contributed by atoms with Crippen LogP contribution in [0.3, 0.4) is 0 Å². The fraction of sp³-hybridized carbons (Fsp3) is 0. The van der Waals surface area contributed by atoms with E-state index in [2.05, 4.69) is 34.5 Å². The summed E-state index contributed by atoms with van der Waals surface area (Å²) in [5, 5.41) is 6.42. The predicted octanol–water partition coefficient (Wildman–Crippen LogP) is 3.36. The minimum absolute atomic E-state index is 0.228. The molecule has 0 aliphatic heterocycles. The van der Waals surface area contributed by atoms with E-state index in [-0.39, 0.29) is 5.69 Å². The molecule has 4 aromatic rings. The van der Waals surface area contributed by atoms with Gasteiger partial charge in [0.15, 0.2) is 5.65 Å². The topological polar surface area (TPSA) is 50.2 Å². The average molecular weight is 287 g/mol. The summed E-state index contributed by atoms with van der Waals surface area (Å²) in [5.74, 6) is 0. The number of hydrogen-bond donors (Lipinski definition) is 1. The molecule has 0 spiro atoms. The van der Waals surface area contributed by atoms with Gasteiger partial charge in [0.1, 0.15) is 0 Å². The van der Waals surface area contributed by atoms with E-state index in [1.54, 1.807) is 0 Å². The summed E-state index contributed by atoms with van der Waals surface area (Å²) >= 11 is 0. The standard InChI is InChI=1S/C18H13N3O/c22-18-20-19-17-11-10-14(12-21(17)18)16-9-5-4-8-15(16)13-6-2-1-3-7-13/h1-12H,(H,20,22). The fourth-order valence-electron chi connectivity index (χ4n) is 2.67. The van der Waals surface area contributed by atoms with E-state index in [9.17, 15) is 4.79 Å². The molecule has 1 N–H and O–H groups in total. The van der Waals surface area contributed by atoms with Gasteiger partial charge in [0, 0.05) is 6.20 Å². The van der Waals surface area contributed by atoms with E-state index >= 15 is 0 Å². The molecule has 4 nitrogen and oxygen atoms in total. The van der Waals surface area contributed by atoms with Crippen molar-refractivity contribution in [2.45, 2.75) is 0 Å². The van der Waals surface area contributed by atoms with Crippen LogP contribution in [0.4, 0.5) is 0 Å². The summed E-state index contributed by atoms with van der Waals surface area (Å²) in [6, 6.07) is 22.2. The van der Waals surface area contributed by atoms with Crippen LogP contribution in [-0.4, -0.2) is 14.6 Å². The van der Waals surface area contributed by atoms with E-state index in [0.717, 1.165) is 22.3 Å². The molecule has 106 valence electrons. The zero-order valence-electron chi connectivity index (χ0n) is 11.7. The van der Waals surface area contributed by atoms with Crippen molar-refractivity contribution in [3.05, 3.63) is 83.4 Å². The number of hydrogen-bond acceptors (Lipinski definition) is 2. The normalized spacial score (nSPS) is 10.9. The molecule has 0 saturated carbocycles. The maximum absolute atomic E-state index is 11.8. The lowest BCUT2D eigenvalue weighted by atomic mass is 9.95. The third kappa shape index (κ3) is 2.02. The minimum Gasteiger partial charge on any atom is -0.250 e. The van der Waals surface area contributed by atoms with Gasteiger partial charge in [-0.25, -0.2) is 14.3 Å². The number of aromatic amines is 1. The SMILES string of the molecule is O=c1[nH]nc2ccc(-c3ccccc3-c3ccccc3)cn12. The highest BCUT2D eigenvalue weighted by molar-refractivity contribution is 5.83. The summed E-state index contributed by atoms with van der Waals surface area (Å²) in [7, 11) is 0. The van der Waals surface area contributed by atoms with E-state index in [0.29, 0.717) is 5.65 Å². The lowest BCUT2D eigenvalue weighted by Crippen LogP contribution is -2.08. The van der Waals surface area contributed by atoms with Gasteiger partial charge in [-0.1, -0.05) is 54.6 Å². The highest BCUT2D eigenvalue weighted by Gasteiger charge is 2.08. The van der Waals surface area contributed by atoms with Crippen molar-refractivity contribution >= 4 is 5.65 Å². The second kappa shape index (κ2) is 5.00. The number of nitrogens with one attached hydrogen (secondary N) is 1. The number of benzene rings is 2. The summed E-state index contributed by atoms with van der Waals surface area (Å²) in [5.41, 5.74) is 4.75. The molecule has 0 radical (unpaired) electrons. The largest absolute Gasteiger partial charge is 0.347 e. The van der Waals surface area contributed by atoms with Gasteiger partial charge in [0.25, 0.3) is 0 Å². The molecule has 0 amide bonds. The maximum atomic E-state index is 11.8. The number of aromatic nitrogens is 3. The van der Waals surface area contributed by atoms with Crippen molar-refractivity contribution in [3.8, 4) is 22.3 Å². The smallest absolute Gasteiger partial charge is 0.250 e. The van der Waals surface area contributed by atoms with Crippen LogP contribution in [0.1, 0.15) is 0 Å². The van der Waals surface area contributed by atoms with E-state index in [1.807, 2.05) is 48.7 Å².